The van der Waals surface area contributed by atoms with E-state index >= 15 is 0 Å². The van der Waals surface area contributed by atoms with Gasteiger partial charge < -0.3 is 10.1 Å². The van der Waals surface area contributed by atoms with Gasteiger partial charge in [0.1, 0.15) is 0 Å². The van der Waals surface area contributed by atoms with Gasteiger partial charge in [0, 0.05) is 12.3 Å². The normalized spacial score (nSPS) is 12.5. The number of H-pyrrole nitrogens is 1. The van der Waals surface area contributed by atoms with Crippen molar-refractivity contribution in [2.45, 2.75) is 37.7 Å². The fourth-order valence-electron chi connectivity index (χ4n) is 2.87. The van der Waals surface area contributed by atoms with Gasteiger partial charge in [-0.05, 0) is 12.5 Å². The third kappa shape index (κ3) is 7.08. The molecule has 0 spiro atoms. The average molecular weight is 437 g/mol. The summed E-state index contributed by atoms with van der Waals surface area (Å²) in [6, 6.07) is 6.07. The number of carbonyl (C=O) groups excluding carboxylic acids is 1. The topological polar surface area (TPSA) is 84.1 Å². The lowest BCUT2D eigenvalue weighted by atomic mass is 9.82. The maximum absolute atomic E-state index is 13.2. The lowest BCUT2D eigenvalue weighted by Gasteiger charge is -2.36. The van der Waals surface area contributed by atoms with E-state index in [9.17, 15) is 35.9 Å². The van der Waals surface area contributed by atoms with Gasteiger partial charge in [-0.2, -0.15) is 26.3 Å². The highest BCUT2D eigenvalue weighted by atomic mass is 19.4. The van der Waals surface area contributed by atoms with E-state index < -0.39 is 48.9 Å². The molecule has 2 aromatic rings. The number of benzene rings is 1. The van der Waals surface area contributed by atoms with Crippen LogP contribution in [0.15, 0.2) is 41.3 Å². The smallest absolute Gasteiger partial charge is 0.391 e. The van der Waals surface area contributed by atoms with Gasteiger partial charge >= 0.3 is 18.0 Å². The molecule has 12 heteroatoms. The van der Waals surface area contributed by atoms with E-state index in [4.69, 9.17) is 4.74 Å². The van der Waals surface area contributed by atoms with Crippen molar-refractivity contribution >= 4 is 5.91 Å². The Bertz CT molecular complexity index is 906. The second kappa shape index (κ2) is 8.76. The Morgan fingerprint density at radius 1 is 1.03 bits per heavy atom. The summed E-state index contributed by atoms with van der Waals surface area (Å²) < 4.78 is 84.4. The summed E-state index contributed by atoms with van der Waals surface area (Å²) in [6.45, 7) is 0.685. The molecule has 2 N–H and O–H groups in total. The van der Waals surface area contributed by atoms with E-state index in [-0.39, 0.29) is 11.4 Å². The van der Waals surface area contributed by atoms with Crippen molar-refractivity contribution in [1.29, 1.82) is 0 Å². The van der Waals surface area contributed by atoms with Gasteiger partial charge in [0.05, 0.1) is 18.4 Å². The molecular formula is C18H17F6N3O3. The second-order valence-electron chi connectivity index (χ2n) is 6.61. The molecule has 1 amide bonds. The zero-order valence-electron chi connectivity index (χ0n) is 15.5. The Morgan fingerprint density at radius 3 is 2.10 bits per heavy atom. The second-order valence-corrected chi connectivity index (χ2v) is 6.61. The number of rotatable bonds is 7. The third-order valence-electron chi connectivity index (χ3n) is 3.99. The zero-order chi connectivity index (χ0) is 22.6. The summed E-state index contributed by atoms with van der Waals surface area (Å²) in [5.41, 5.74) is -3.34. The number of nitrogens with zero attached hydrogens (tertiary/aromatic N) is 1. The van der Waals surface area contributed by atoms with E-state index in [1.54, 1.807) is 6.92 Å². The van der Waals surface area contributed by atoms with Crippen molar-refractivity contribution in [1.82, 2.24) is 15.3 Å². The monoisotopic (exact) mass is 437 g/mol. The number of ether oxygens (including phenoxy) is 1. The predicted molar refractivity (Wildman–Crippen MR) is 92.7 cm³/mol. The highest BCUT2D eigenvalue weighted by molar-refractivity contribution is 5.78. The van der Waals surface area contributed by atoms with E-state index in [0.29, 0.717) is 5.56 Å². The molecular weight excluding hydrogens is 420 g/mol. The first-order chi connectivity index (χ1) is 13.8. The number of hydrogen-bond donors (Lipinski definition) is 2. The van der Waals surface area contributed by atoms with Crippen LogP contribution in [0.3, 0.4) is 0 Å². The number of aromatic amines is 1. The number of nitrogens with one attached hydrogen (secondary N) is 2. The van der Waals surface area contributed by atoms with Crippen molar-refractivity contribution in [3.8, 4) is 5.88 Å². The summed E-state index contributed by atoms with van der Waals surface area (Å²) in [4.78, 5) is 28.8. The summed E-state index contributed by atoms with van der Waals surface area (Å²) in [7, 11) is 0. The molecule has 0 radical (unpaired) electrons. The molecule has 0 saturated heterocycles. The predicted octanol–water partition coefficient (Wildman–Crippen LogP) is 3.37. The van der Waals surface area contributed by atoms with Gasteiger partial charge in [-0.25, -0.2) is 9.78 Å². The Balaban J connectivity index is 2.35. The zero-order valence-corrected chi connectivity index (χ0v) is 15.5. The van der Waals surface area contributed by atoms with Crippen molar-refractivity contribution in [2.75, 3.05) is 6.61 Å². The minimum Gasteiger partial charge on any atom is -0.469 e. The van der Waals surface area contributed by atoms with Gasteiger partial charge in [-0.15, -0.1) is 0 Å². The number of hydrogen-bond acceptors (Lipinski definition) is 4. The van der Waals surface area contributed by atoms with Crippen LogP contribution < -0.4 is 15.7 Å². The lowest BCUT2D eigenvalue weighted by molar-refractivity contribution is -0.185. The molecule has 0 saturated carbocycles. The molecule has 0 aliphatic heterocycles. The fraction of sp³-hybridized carbons (Fsp3) is 0.389. The first-order valence-corrected chi connectivity index (χ1v) is 8.48. The Labute approximate surface area is 166 Å². The van der Waals surface area contributed by atoms with Gasteiger partial charge in [-0.1, -0.05) is 29.8 Å². The molecule has 0 unspecified atom stereocenters. The molecule has 1 aromatic carbocycles. The summed E-state index contributed by atoms with van der Waals surface area (Å²) in [6.07, 6.45) is -12.9. The Morgan fingerprint density at radius 2 is 1.60 bits per heavy atom. The van der Waals surface area contributed by atoms with Crippen LogP contribution in [0, 0.1) is 6.92 Å². The average Bonchev–Trinajstić information content (AvgIpc) is 2.57. The van der Waals surface area contributed by atoms with Gasteiger partial charge in [0.2, 0.25) is 0 Å². The molecule has 0 atom stereocenters. The minimum atomic E-state index is -5.01. The number of amides is 1. The van der Waals surface area contributed by atoms with Crippen molar-refractivity contribution in [3.63, 3.8) is 0 Å². The number of carbonyl (C=O) groups is 1. The minimum absolute atomic E-state index is 0.224. The highest BCUT2D eigenvalue weighted by Crippen LogP contribution is 2.42. The molecule has 6 nitrogen and oxygen atoms in total. The van der Waals surface area contributed by atoms with Crippen molar-refractivity contribution in [3.05, 3.63) is 58.1 Å². The fourth-order valence-corrected chi connectivity index (χ4v) is 2.87. The number of aromatic nitrogens is 2. The molecule has 2 rings (SSSR count). The van der Waals surface area contributed by atoms with E-state index in [1.165, 1.54) is 12.1 Å². The largest absolute Gasteiger partial charge is 0.469 e. The standard InChI is InChI=1S/C18H17F6N3O3/c1-11-2-4-12(5-3-11)16(9-17(19,20)21,10-18(22,23)24)27-13(28)8-30-14-6-7-25-15(29)26-14/h2-7H,8-10H2,1H3,(H,27,28)(H,25,26,29). The first-order valence-electron chi connectivity index (χ1n) is 8.48. The maximum Gasteiger partial charge on any atom is 0.391 e. The molecule has 0 aliphatic rings. The molecule has 0 aliphatic carbocycles. The maximum atomic E-state index is 13.2. The van der Waals surface area contributed by atoms with Crippen LogP contribution in [-0.2, 0) is 10.3 Å². The molecule has 1 aromatic heterocycles. The quantitative estimate of drug-likeness (QED) is 0.651. The van der Waals surface area contributed by atoms with E-state index in [2.05, 4.69) is 9.97 Å². The molecule has 0 bridgehead atoms. The van der Waals surface area contributed by atoms with Crippen LogP contribution in [-0.4, -0.2) is 34.8 Å². The Kier molecular flexibility index (Phi) is 6.78. The molecule has 0 fully saturated rings. The van der Waals surface area contributed by atoms with Crippen LogP contribution in [0.2, 0.25) is 0 Å². The van der Waals surface area contributed by atoms with Gasteiger partial charge in [-0.3, -0.25) is 9.78 Å². The molecule has 164 valence electrons. The number of halogens is 6. The lowest BCUT2D eigenvalue weighted by Crippen LogP contribution is -2.52. The van der Waals surface area contributed by atoms with Gasteiger partial charge in [0.25, 0.3) is 5.91 Å². The van der Waals surface area contributed by atoms with Crippen LogP contribution >= 0.6 is 0 Å². The number of alkyl halides is 6. The summed E-state index contributed by atoms with van der Waals surface area (Å²) in [5, 5.41) is 1.85. The highest BCUT2D eigenvalue weighted by Gasteiger charge is 2.51. The number of aryl methyl sites for hydroxylation is 1. The van der Waals surface area contributed by atoms with Crippen molar-refractivity contribution < 1.29 is 35.9 Å². The first kappa shape index (κ1) is 23.2. The van der Waals surface area contributed by atoms with Crippen LogP contribution in [0.25, 0.3) is 0 Å². The van der Waals surface area contributed by atoms with E-state index in [1.807, 2.05) is 5.32 Å². The SMILES string of the molecule is Cc1ccc(C(CC(F)(F)F)(CC(F)(F)F)NC(=O)COc2ccnc(=O)[nH]2)cc1. The third-order valence-corrected chi connectivity index (χ3v) is 3.99. The Hall–Kier alpha value is -3.05. The summed E-state index contributed by atoms with van der Waals surface area (Å²) in [5.74, 6) is -1.46. The molecule has 1 heterocycles. The summed E-state index contributed by atoms with van der Waals surface area (Å²) >= 11 is 0. The molecule has 30 heavy (non-hydrogen) atoms. The van der Waals surface area contributed by atoms with Crippen LogP contribution in [0.1, 0.15) is 24.0 Å². The van der Waals surface area contributed by atoms with Crippen LogP contribution in [0.5, 0.6) is 5.88 Å². The van der Waals surface area contributed by atoms with Crippen molar-refractivity contribution in [2.24, 2.45) is 0 Å². The van der Waals surface area contributed by atoms with Gasteiger partial charge in [0.15, 0.2) is 12.5 Å². The van der Waals surface area contributed by atoms with Crippen LogP contribution in [0.4, 0.5) is 26.3 Å². The van der Waals surface area contributed by atoms with E-state index in [0.717, 1.165) is 24.4 Å².